The Morgan fingerprint density at radius 1 is 1.18 bits per heavy atom. The van der Waals surface area contributed by atoms with E-state index in [1.54, 1.807) is 0 Å². The van der Waals surface area contributed by atoms with E-state index in [9.17, 15) is 9.90 Å². The molecule has 0 aliphatic rings. The van der Waals surface area contributed by atoms with Crippen molar-refractivity contribution < 1.29 is 14.6 Å². The van der Waals surface area contributed by atoms with Crippen LogP contribution in [0, 0.1) is 11.3 Å². The van der Waals surface area contributed by atoms with Gasteiger partial charge in [0.05, 0.1) is 12.2 Å². The van der Waals surface area contributed by atoms with Crippen molar-refractivity contribution in [3.8, 4) is 0 Å². The lowest BCUT2D eigenvalue weighted by molar-refractivity contribution is -0.132. The highest BCUT2D eigenvalue weighted by molar-refractivity contribution is 5.84. The molecule has 124 valence electrons. The van der Waals surface area contributed by atoms with Gasteiger partial charge in [-0.05, 0) is 17.9 Å². The van der Waals surface area contributed by atoms with Crippen LogP contribution in [-0.4, -0.2) is 23.6 Å². The summed E-state index contributed by atoms with van der Waals surface area (Å²) in [6.07, 6.45) is 0.641. The van der Waals surface area contributed by atoms with Gasteiger partial charge >= 0.3 is 0 Å². The zero-order valence-electron chi connectivity index (χ0n) is 14.5. The normalized spacial score (nSPS) is 14.9. The Morgan fingerprint density at radius 3 is 2.23 bits per heavy atom. The smallest absolute Gasteiger partial charge is 0.141 e. The van der Waals surface area contributed by atoms with E-state index in [1.807, 2.05) is 51.1 Å². The summed E-state index contributed by atoms with van der Waals surface area (Å²) in [6, 6.07) is 9.88. The predicted molar refractivity (Wildman–Crippen MR) is 89.7 cm³/mol. The molecule has 0 amide bonds. The zero-order chi connectivity index (χ0) is 16.8. The summed E-state index contributed by atoms with van der Waals surface area (Å²) in [7, 11) is 0. The van der Waals surface area contributed by atoms with E-state index >= 15 is 0 Å². The van der Waals surface area contributed by atoms with Crippen LogP contribution in [0.5, 0.6) is 0 Å². The number of ether oxygens (including phenoxy) is 1. The molecule has 1 aromatic carbocycles. The van der Waals surface area contributed by atoms with Gasteiger partial charge in [0.15, 0.2) is 0 Å². The Bertz CT molecular complexity index is 445. The van der Waals surface area contributed by atoms with Crippen molar-refractivity contribution in [1.82, 2.24) is 0 Å². The van der Waals surface area contributed by atoms with E-state index < -0.39 is 0 Å². The summed E-state index contributed by atoms with van der Waals surface area (Å²) < 4.78 is 6.22. The van der Waals surface area contributed by atoms with Gasteiger partial charge in [-0.1, -0.05) is 65.0 Å². The number of carbonyl (C=O) groups is 1. The summed E-state index contributed by atoms with van der Waals surface area (Å²) in [5.74, 6) is 0.482. The maximum atomic E-state index is 12.4. The second-order valence-corrected chi connectivity index (χ2v) is 7.21. The van der Waals surface area contributed by atoms with Crippen LogP contribution in [0.3, 0.4) is 0 Å². The number of hydrogen-bond donors (Lipinski definition) is 1. The molecule has 0 fully saturated rings. The first-order valence-electron chi connectivity index (χ1n) is 8.10. The first kappa shape index (κ1) is 18.9. The first-order chi connectivity index (χ1) is 10.3. The Balaban J connectivity index is 2.94. The van der Waals surface area contributed by atoms with Gasteiger partial charge in [-0.2, -0.15) is 0 Å². The number of carbonyl (C=O) groups excluding carboxylic acids is 1. The molecule has 2 atom stereocenters. The van der Waals surface area contributed by atoms with E-state index in [4.69, 9.17) is 4.74 Å². The van der Waals surface area contributed by atoms with Gasteiger partial charge in [0, 0.05) is 18.4 Å². The van der Waals surface area contributed by atoms with E-state index in [1.165, 1.54) is 0 Å². The molecule has 0 spiro atoms. The highest BCUT2D eigenvalue weighted by Gasteiger charge is 2.28. The van der Waals surface area contributed by atoms with Gasteiger partial charge in [-0.3, -0.25) is 4.79 Å². The number of hydrogen-bond acceptors (Lipinski definition) is 3. The highest BCUT2D eigenvalue weighted by Crippen LogP contribution is 2.30. The van der Waals surface area contributed by atoms with Crippen LogP contribution in [0.1, 0.15) is 59.1 Å². The number of ketones is 1. The molecule has 1 aromatic rings. The molecule has 3 nitrogen and oxygen atoms in total. The molecule has 0 aromatic heterocycles. The molecule has 1 N–H and O–H groups in total. The van der Waals surface area contributed by atoms with Gasteiger partial charge < -0.3 is 9.84 Å². The van der Waals surface area contributed by atoms with Crippen molar-refractivity contribution in [3.63, 3.8) is 0 Å². The predicted octanol–water partition coefficient (Wildman–Crippen LogP) is 4.16. The standard InChI is InChI=1S/C19H30O3/c1-14(2)16(11-12-20)22-17(13-18(21)19(3,4)5)15-9-7-6-8-10-15/h6-10,14,16-17,20H,11-13H2,1-5H3/t16-,17-/m0/s1. The SMILES string of the molecule is CC(C)[C@H](CCO)O[C@@H](CC(=O)C(C)(C)C)c1ccccc1. The minimum absolute atomic E-state index is 0.0528. The summed E-state index contributed by atoms with van der Waals surface area (Å²) in [4.78, 5) is 12.4. The van der Waals surface area contributed by atoms with Crippen LogP contribution < -0.4 is 0 Å². The number of Topliss-reactive ketones (excluding diaryl/α,β-unsaturated/α-hetero) is 1. The van der Waals surface area contributed by atoms with Crippen LogP contribution in [0.15, 0.2) is 30.3 Å². The molecule has 22 heavy (non-hydrogen) atoms. The van der Waals surface area contributed by atoms with Crippen LogP contribution in [-0.2, 0) is 9.53 Å². The van der Waals surface area contributed by atoms with Gasteiger partial charge in [-0.15, -0.1) is 0 Å². The van der Waals surface area contributed by atoms with Crippen molar-refractivity contribution in [2.45, 2.75) is 59.7 Å². The zero-order valence-corrected chi connectivity index (χ0v) is 14.5. The first-order valence-corrected chi connectivity index (χ1v) is 8.10. The quantitative estimate of drug-likeness (QED) is 0.784. The third-order valence-corrected chi connectivity index (χ3v) is 3.87. The van der Waals surface area contributed by atoms with Crippen molar-refractivity contribution >= 4 is 5.78 Å². The van der Waals surface area contributed by atoms with Crippen LogP contribution >= 0.6 is 0 Å². The largest absolute Gasteiger partial charge is 0.396 e. The molecule has 0 radical (unpaired) electrons. The van der Waals surface area contributed by atoms with Crippen molar-refractivity contribution in [1.29, 1.82) is 0 Å². The Kier molecular flexibility index (Phi) is 7.24. The fourth-order valence-corrected chi connectivity index (χ4v) is 2.28. The lowest BCUT2D eigenvalue weighted by Crippen LogP contribution is -2.28. The number of rotatable bonds is 8. The Morgan fingerprint density at radius 2 is 1.77 bits per heavy atom. The molecule has 3 heteroatoms. The summed E-state index contributed by atoms with van der Waals surface area (Å²) in [5, 5.41) is 9.23. The average molecular weight is 306 g/mol. The van der Waals surface area contributed by atoms with Crippen molar-refractivity contribution in [3.05, 3.63) is 35.9 Å². The lowest BCUT2D eigenvalue weighted by atomic mass is 9.86. The van der Waals surface area contributed by atoms with Gasteiger partial charge in [-0.25, -0.2) is 0 Å². The van der Waals surface area contributed by atoms with Crippen LogP contribution in [0.4, 0.5) is 0 Å². The fourth-order valence-electron chi connectivity index (χ4n) is 2.28. The van der Waals surface area contributed by atoms with E-state index in [2.05, 4.69) is 13.8 Å². The van der Waals surface area contributed by atoms with Crippen LogP contribution in [0.25, 0.3) is 0 Å². The summed E-state index contributed by atoms with van der Waals surface area (Å²) in [6.45, 7) is 10.1. The van der Waals surface area contributed by atoms with E-state index in [0.717, 1.165) is 5.56 Å². The van der Waals surface area contributed by atoms with Crippen molar-refractivity contribution in [2.75, 3.05) is 6.61 Å². The minimum Gasteiger partial charge on any atom is -0.396 e. The van der Waals surface area contributed by atoms with Crippen molar-refractivity contribution in [2.24, 2.45) is 11.3 Å². The molecule has 1 rings (SSSR count). The molecule has 0 aliphatic heterocycles. The number of aliphatic hydroxyl groups is 1. The highest BCUT2D eigenvalue weighted by atomic mass is 16.5. The third-order valence-electron chi connectivity index (χ3n) is 3.87. The maximum Gasteiger partial charge on any atom is 0.141 e. The van der Waals surface area contributed by atoms with Gasteiger partial charge in [0.25, 0.3) is 0 Å². The molecule has 0 saturated heterocycles. The monoisotopic (exact) mass is 306 g/mol. The Labute approximate surface area is 134 Å². The molecule has 0 heterocycles. The minimum atomic E-state index is -0.374. The molecule has 0 bridgehead atoms. The Hall–Kier alpha value is -1.19. The third kappa shape index (κ3) is 5.90. The second kappa shape index (κ2) is 8.44. The van der Waals surface area contributed by atoms with Gasteiger partial charge in [0.2, 0.25) is 0 Å². The van der Waals surface area contributed by atoms with Crippen LogP contribution in [0.2, 0.25) is 0 Å². The summed E-state index contributed by atoms with van der Waals surface area (Å²) in [5.41, 5.74) is 0.643. The molecular formula is C19H30O3. The molecule has 0 unspecified atom stereocenters. The second-order valence-electron chi connectivity index (χ2n) is 7.21. The average Bonchev–Trinajstić information content (AvgIpc) is 2.45. The fraction of sp³-hybridized carbons (Fsp3) is 0.632. The molecule has 0 saturated carbocycles. The lowest BCUT2D eigenvalue weighted by Gasteiger charge is -2.29. The number of benzene rings is 1. The van der Waals surface area contributed by atoms with Gasteiger partial charge in [0.1, 0.15) is 5.78 Å². The molecule has 0 aliphatic carbocycles. The van der Waals surface area contributed by atoms with E-state index in [-0.39, 0.29) is 30.0 Å². The summed E-state index contributed by atoms with van der Waals surface area (Å²) >= 11 is 0. The number of aliphatic hydroxyl groups excluding tert-OH is 1. The van der Waals surface area contributed by atoms with E-state index in [0.29, 0.717) is 18.8 Å². The molecular weight excluding hydrogens is 276 g/mol. The topological polar surface area (TPSA) is 46.5 Å². The maximum absolute atomic E-state index is 12.4.